The number of anilines is 1. The van der Waals surface area contributed by atoms with Crippen LogP contribution in [0.25, 0.3) is 0 Å². The van der Waals surface area contributed by atoms with Crippen molar-refractivity contribution in [3.63, 3.8) is 0 Å². The van der Waals surface area contributed by atoms with Gasteiger partial charge in [-0.15, -0.1) is 0 Å². The van der Waals surface area contributed by atoms with E-state index in [0.29, 0.717) is 23.5 Å². The Hall–Kier alpha value is -2.61. The zero-order valence-electron chi connectivity index (χ0n) is 13.4. The fraction of sp³-hybridized carbons (Fsp3) is 0.250. The molecule has 128 valence electrons. The van der Waals surface area contributed by atoms with E-state index >= 15 is 0 Å². The van der Waals surface area contributed by atoms with Crippen LogP contribution in [0.2, 0.25) is 0 Å². The summed E-state index contributed by atoms with van der Waals surface area (Å²) in [7, 11) is -3.33. The van der Waals surface area contributed by atoms with Gasteiger partial charge < -0.3 is 10.1 Å². The van der Waals surface area contributed by atoms with Gasteiger partial charge in [0, 0.05) is 18.4 Å². The van der Waals surface area contributed by atoms with E-state index in [0.717, 1.165) is 12.7 Å². The molecule has 0 bridgehead atoms. The van der Waals surface area contributed by atoms with Crippen molar-refractivity contribution < 1.29 is 17.9 Å². The molecule has 2 rings (SSSR count). The lowest BCUT2D eigenvalue weighted by molar-refractivity contribution is 0.0950. The minimum atomic E-state index is -3.33. The maximum absolute atomic E-state index is 12.1. The van der Waals surface area contributed by atoms with E-state index < -0.39 is 10.0 Å². The molecule has 0 saturated heterocycles. The van der Waals surface area contributed by atoms with E-state index in [4.69, 9.17) is 4.74 Å². The van der Waals surface area contributed by atoms with Crippen LogP contribution < -0.4 is 14.8 Å². The summed E-state index contributed by atoms with van der Waals surface area (Å²) in [5.41, 5.74) is 0.760. The Balaban J connectivity index is 2.15. The van der Waals surface area contributed by atoms with Crippen LogP contribution in [0.3, 0.4) is 0 Å². The molecular weight excluding hydrogens is 330 g/mol. The first-order valence-corrected chi connectivity index (χ1v) is 9.27. The molecule has 8 heteroatoms. The third-order valence-corrected chi connectivity index (χ3v) is 3.53. The smallest absolute Gasteiger partial charge is 0.256 e. The zero-order valence-corrected chi connectivity index (χ0v) is 14.3. The van der Waals surface area contributed by atoms with Gasteiger partial charge in [-0.1, -0.05) is 6.92 Å². The summed E-state index contributed by atoms with van der Waals surface area (Å²) in [5.74, 6) is 0.377. The minimum Gasteiger partial charge on any atom is -0.438 e. The predicted molar refractivity (Wildman–Crippen MR) is 91.8 cm³/mol. The van der Waals surface area contributed by atoms with E-state index in [1.165, 1.54) is 6.20 Å². The van der Waals surface area contributed by atoms with Crippen LogP contribution >= 0.6 is 0 Å². The van der Waals surface area contributed by atoms with Crippen LogP contribution in [0.4, 0.5) is 5.69 Å². The Morgan fingerprint density at radius 2 is 1.92 bits per heavy atom. The van der Waals surface area contributed by atoms with E-state index in [2.05, 4.69) is 15.0 Å². The Labute approximate surface area is 141 Å². The van der Waals surface area contributed by atoms with Crippen molar-refractivity contribution >= 4 is 21.6 Å². The van der Waals surface area contributed by atoms with Crippen LogP contribution in [-0.4, -0.2) is 32.1 Å². The number of hydrogen-bond donors (Lipinski definition) is 2. The van der Waals surface area contributed by atoms with Gasteiger partial charge in [-0.25, -0.2) is 13.4 Å². The van der Waals surface area contributed by atoms with Crippen molar-refractivity contribution in [2.45, 2.75) is 13.3 Å². The molecule has 0 aliphatic carbocycles. The molecule has 2 N–H and O–H groups in total. The molecule has 1 aromatic heterocycles. The molecule has 2 aromatic rings. The molecule has 0 fully saturated rings. The normalized spacial score (nSPS) is 10.9. The van der Waals surface area contributed by atoms with Gasteiger partial charge in [-0.2, -0.15) is 0 Å². The van der Waals surface area contributed by atoms with Gasteiger partial charge in [0.15, 0.2) is 0 Å². The lowest BCUT2D eigenvalue weighted by Gasteiger charge is -2.10. The molecule has 0 radical (unpaired) electrons. The van der Waals surface area contributed by atoms with Crippen molar-refractivity contribution in [2.24, 2.45) is 0 Å². The maximum atomic E-state index is 12.1. The largest absolute Gasteiger partial charge is 0.438 e. The SMILES string of the molecule is CCCNC(=O)c1cccnc1Oc1ccc(NS(C)(=O)=O)cc1. The number of benzene rings is 1. The van der Waals surface area contributed by atoms with E-state index in [1.807, 2.05) is 6.92 Å². The Morgan fingerprint density at radius 3 is 2.54 bits per heavy atom. The number of pyridine rings is 1. The number of rotatable bonds is 7. The first kappa shape index (κ1) is 17.7. The summed E-state index contributed by atoms with van der Waals surface area (Å²) in [5, 5.41) is 2.77. The molecule has 1 heterocycles. The van der Waals surface area contributed by atoms with E-state index in [-0.39, 0.29) is 11.8 Å². The first-order valence-electron chi connectivity index (χ1n) is 7.38. The minimum absolute atomic E-state index is 0.190. The van der Waals surface area contributed by atoms with Crippen LogP contribution in [-0.2, 0) is 10.0 Å². The van der Waals surface area contributed by atoms with Gasteiger partial charge in [-0.3, -0.25) is 9.52 Å². The standard InChI is InChI=1S/C16H19N3O4S/c1-3-10-17-15(20)14-5-4-11-18-16(14)23-13-8-6-12(7-9-13)19-24(2,21)22/h4-9,11,19H,3,10H2,1-2H3,(H,17,20). The van der Waals surface area contributed by atoms with Gasteiger partial charge >= 0.3 is 0 Å². The molecule has 1 amide bonds. The number of amides is 1. The van der Waals surface area contributed by atoms with Crippen molar-refractivity contribution in [2.75, 3.05) is 17.5 Å². The van der Waals surface area contributed by atoms with Crippen LogP contribution in [0.15, 0.2) is 42.6 Å². The average Bonchev–Trinajstić information content (AvgIpc) is 2.53. The number of carbonyl (C=O) groups is 1. The number of nitrogens with zero attached hydrogens (tertiary/aromatic N) is 1. The van der Waals surface area contributed by atoms with Gasteiger partial charge in [0.05, 0.1) is 6.26 Å². The molecular formula is C16H19N3O4S. The number of hydrogen-bond acceptors (Lipinski definition) is 5. The van der Waals surface area contributed by atoms with Crippen molar-refractivity contribution in [3.8, 4) is 11.6 Å². The lowest BCUT2D eigenvalue weighted by Crippen LogP contribution is -2.24. The number of nitrogens with one attached hydrogen (secondary N) is 2. The molecule has 0 saturated carbocycles. The monoisotopic (exact) mass is 349 g/mol. The molecule has 0 atom stereocenters. The lowest BCUT2D eigenvalue weighted by atomic mass is 10.2. The van der Waals surface area contributed by atoms with Crippen molar-refractivity contribution in [1.29, 1.82) is 0 Å². The number of carbonyl (C=O) groups excluding carboxylic acids is 1. The molecule has 0 unspecified atom stereocenters. The third kappa shape index (κ3) is 5.24. The van der Waals surface area contributed by atoms with Crippen LogP contribution in [0, 0.1) is 0 Å². The highest BCUT2D eigenvalue weighted by molar-refractivity contribution is 7.92. The fourth-order valence-corrected chi connectivity index (χ4v) is 2.46. The molecule has 0 spiro atoms. The fourth-order valence-electron chi connectivity index (χ4n) is 1.90. The summed E-state index contributed by atoms with van der Waals surface area (Å²) in [4.78, 5) is 16.2. The van der Waals surface area contributed by atoms with Gasteiger partial charge in [-0.05, 0) is 42.8 Å². The van der Waals surface area contributed by atoms with Gasteiger partial charge in [0.25, 0.3) is 5.91 Å². The number of aromatic nitrogens is 1. The highest BCUT2D eigenvalue weighted by Crippen LogP contribution is 2.24. The highest BCUT2D eigenvalue weighted by atomic mass is 32.2. The quantitative estimate of drug-likeness (QED) is 0.800. The topological polar surface area (TPSA) is 97.4 Å². The predicted octanol–water partition coefficient (Wildman–Crippen LogP) is 2.39. The average molecular weight is 349 g/mol. The Bertz CT molecular complexity index is 804. The Kier molecular flexibility index (Phi) is 5.75. The van der Waals surface area contributed by atoms with Crippen LogP contribution in [0.5, 0.6) is 11.6 Å². The molecule has 1 aromatic carbocycles. The maximum Gasteiger partial charge on any atom is 0.256 e. The summed E-state index contributed by atoms with van der Waals surface area (Å²) >= 11 is 0. The van der Waals surface area contributed by atoms with Gasteiger partial charge in [0.2, 0.25) is 15.9 Å². The van der Waals surface area contributed by atoms with Crippen molar-refractivity contribution in [1.82, 2.24) is 10.3 Å². The highest BCUT2D eigenvalue weighted by Gasteiger charge is 2.13. The second-order valence-electron chi connectivity index (χ2n) is 5.11. The zero-order chi connectivity index (χ0) is 17.6. The molecule has 7 nitrogen and oxygen atoms in total. The number of ether oxygens (including phenoxy) is 1. The number of sulfonamides is 1. The third-order valence-electron chi connectivity index (χ3n) is 2.92. The summed E-state index contributed by atoms with van der Waals surface area (Å²) in [6, 6.07) is 9.61. The second-order valence-corrected chi connectivity index (χ2v) is 6.86. The van der Waals surface area contributed by atoms with E-state index in [9.17, 15) is 13.2 Å². The summed E-state index contributed by atoms with van der Waals surface area (Å²) in [6.07, 6.45) is 3.44. The van der Waals surface area contributed by atoms with Gasteiger partial charge in [0.1, 0.15) is 11.3 Å². The summed E-state index contributed by atoms with van der Waals surface area (Å²) < 4.78 is 30.4. The summed E-state index contributed by atoms with van der Waals surface area (Å²) in [6.45, 7) is 2.53. The van der Waals surface area contributed by atoms with E-state index in [1.54, 1.807) is 36.4 Å². The van der Waals surface area contributed by atoms with Crippen LogP contribution in [0.1, 0.15) is 23.7 Å². The molecule has 0 aliphatic heterocycles. The second kappa shape index (κ2) is 7.78. The molecule has 0 aliphatic rings. The molecule has 24 heavy (non-hydrogen) atoms. The Morgan fingerprint density at radius 1 is 1.21 bits per heavy atom. The van der Waals surface area contributed by atoms with Crippen molar-refractivity contribution in [3.05, 3.63) is 48.2 Å². The first-order chi connectivity index (χ1) is 11.4.